The molecule has 2 amide bonds. The molecule has 1 aromatic carbocycles. The molecule has 1 aromatic heterocycles. The van der Waals surface area contributed by atoms with Crippen LogP contribution in [0.2, 0.25) is 0 Å². The van der Waals surface area contributed by atoms with Gasteiger partial charge in [0.15, 0.2) is 0 Å². The Morgan fingerprint density at radius 2 is 2.17 bits per heavy atom. The standard InChI is InChI=1S/C20H26FN5O3/c1-15(2)7-24-8-18(29-12-16-4-3-5-17(21)6-16)9-25(10-19(24)27)20(28)11-26-14-22-13-23-26/h3-6,13-15,18H,7-12H2,1-2H3/t18-/m0/s1. The Bertz CT molecular complexity index is 827. The number of hydrogen-bond acceptors (Lipinski definition) is 5. The minimum Gasteiger partial charge on any atom is -0.370 e. The van der Waals surface area contributed by atoms with E-state index >= 15 is 0 Å². The van der Waals surface area contributed by atoms with E-state index in [1.165, 1.54) is 34.4 Å². The molecular weight excluding hydrogens is 377 g/mol. The molecule has 9 heteroatoms. The summed E-state index contributed by atoms with van der Waals surface area (Å²) in [6.45, 7) is 5.54. The molecular formula is C20H26FN5O3. The topological polar surface area (TPSA) is 80.6 Å². The number of carbonyl (C=O) groups excluding carboxylic acids is 2. The van der Waals surface area contributed by atoms with Gasteiger partial charge in [0.1, 0.15) is 25.0 Å². The molecule has 1 fully saturated rings. The van der Waals surface area contributed by atoms with E-state index < -0.39 is 0 Å². The van der Waals surface area contributed by atoms with Crippen molar-refractivity contribution >= 4 is 11.8 Å². The van der Waals surface area contributed by atoms with Crippen LogP contribution in [0.15, 0.2) is 36.9 Å². The lowest BCUT2D eigenvalue weighted by atomic mass is 10.2. The summed E-state index contributed by atoms with van der Waals surface area (Å²) in [4.78, 5) is 32.5. The lowest BCUT2D eigenvalue weighted by Crippen LogP contribution is -2.41. The maximum atomic E-state index is 13.4. The van der Waals surface area contributed by atoms with Gasteiger partial charge in [-0.1, -0.05) is 26.0 Å². The van der Waals surface area contributed by atoms with Crippen LogP contribution in [-0.4, -0.2) is 68.7 Å². The molecule has 0 bridgehead atoms. The highest BCUT2D eigenvalue weighted by Gasteiger charge is 2.31. The number of hydrogen-bond donors (Lipinski definition) is 0. The summed E-state index contributed by atoms with van der Waals surface area (Å²) in [6, 6.07) is 6.21. The summed E-state index contributed by atoms with van der Waals surface area (Å²) in [5, 5.41) is 3.95. The number of aromatic nitrogens is 3. The first kappa shape index (κ1) is 20.9. The van der Waals surface area contributed by atoms with Crippen LogP contribution in [0.5, 0.6) is 0 Å². The molecule has 156 valence electrons. The van der Waals surface area contributed by atoms with Crippen LogP contribution in [0.25, 0.3) is 0 Å². The Labute approximate surface area is 169 Å². The largest absolute Gasteiger partial charge is 0.370 e. The number of ether oxygens (including phenoxy) is 1. The highest BCUT2D eigenvalue weighted by Crippen LogP contribution is 2.14. The van der Waals surface area contributed by atoms with E-state index in [0.717, 1.165) is 0 Å². The van der Waals surface area contributed by atoms with Crippen molar-refractivity contribution in [1.29, 1.82) is 0 Å². The lowest BCUT2D eigenvalue weighted by Gasteiger charge is -2.26. The Balaban J connectivity index is 1.70. The van der Waals surface area contributed by atoms with Crippen LogP contribution in [0.3, 0.4) is 0 Å². The molecule has 0 spiro atoms. The minimum absolute atomic E-state index is 0.0000750. The molecule has 0 N–H and O–H groups in total. The number of benzene rings is 1. The smallest absolute Gasteiger partial charge is 0.244 e. The van der Waals surface area contributed by atoms with Crippen molar-refractivity contribution in [2.75, 3.05) is 26.2 Å². The molecule has 0 saturated carbocycles. The van der Waals surface area contributed by atoms with E-state index in [1.54, 1.807) is 17.0 Å². The zero-order valence-electron chi connectivity index (χ0n) is 16.7. The second-order valence-corrected chi connectivity index (χ2v) is 7.62. The summed E-state index contributed by atoms with van der Waals surface area (Å²) in [6.07, 6.45) is 2.44. The van der Waals surface area contributed by atoms with Gasteiger partial charge in [-0.05, 0) is 23.6 Å². The van der Waals surface area contributed by atoms with Gasteiger partial charge in [0.05, 0.1) is 19.3 Å². The second-order valence-electron chi connectivity index (χ2n) is 7.62. The van der Waals surface area contributed by atoms with Gasteiger partial charge in [0.2, 0.25) is 11.8 Å². The van der Waals surface area contributed by atoms with Crippen molar-refractivity contribution in [2.45, 2.75) is 33.1 Å². The van der Waals surface area contributed by atoms with E-state index in [4.69, 9.17) is 4.74 Å². The number of rotatable bonds is 7. The minimum atomic E-state index is -0.372. The fraction of sp³-hybridized carbons (Fsp3) is 0.500. The van der Waals surface area contributed by atoms with Crippen LogP contribution in [0, 0.1) is 11.7 Å². The highest BCUT2D eigenvalue weighted by molar-refractivity contribution is 5.85. The Hall–Kier alpha value is -2.81. The highest BCUT2D eigenvalue weighted by atomic mass is 19.1. The second kappa shape index (κ2) is 9.60. The first-order chi connectivity index (χ1) is 13.9. The molecule has 3 rings (SSSR count). The Morgan fingerprint density at radius 1 is 1.34 bits per heavy atom. The Morgan fingerprint density at radius 3 is 2.86 bits per heavy atom. The number of carbonyl (C=O) groups is 2. The van der Waals surface area contributed by atoms with Crippen molar-refractivity contribution in [3.05, 3.63) is 48.3 Å². The van der Waals surface area contributed by atoms with Gasteiger partial charge in [-0.15, -0.1) is 0 Å². The zero-order chi connectivity index (χ0) is 20.8. The third-order valence-electron chi connectivity index (χ3n) is 4.60. The van der Waals surface area contributed by atoms with Crippen molar-refractivity contribution in [3.8, 4) is 0 Å². The molecule has 2 aromatic rings. The van der Waals surface area contributed by atoms with Crippen LogP contribution in [0.4, 0.5) is 4.39 Å². The van der Waals surface area contributed by atoms with Crippen molar-refractivity contribution in [3.63, 3.8) is 0 Å². The van der Waals surface area contributed by atoms with Crippen molar-refractivity contribution in [1.82, 2.24) is 24.6 Å². The molecule has 0 unspecified atom stereocenters. The normalized spacial score (nSPS) is 17.7. The van der Waals surface area contributed by atoms with Crippen LogP contribution >= 0.6 is 0 Å². The molecule has 8 nitrogen and oxygen atoms in total. The van der Waals surface area contributed by atoms with Crippen LogP contribution in [0.1, 0.15) is 19.4 Å². The average Bonchev–Trinajstić information content (AvgIpc) is 3.11. The van der Waals surface area contributed by atoms with Gasteiger partial charge in [-0.3, -0.25) is 9.59 Å². The van der Waals surface area contributed by atoms with Gasteiger partial charge in [-0.25, -0.2) is 14.1 Å². The van der Waals surface area contributed by atoms with Crippen molar-refractivity contribution < 1.29 is 18.7 Å². The van der Waals surface area contributed by atoms with E-state index in [2.05, 4.69) is 10.1 Å². The predicted octanol–water partition coefficient (Wildman–Crippen LogP) is 1.33. The zero-order valence-corrected chi connectivity index (χ0v) is 16.7. The first-order valence-corrected chi connectivity index (χ1v) is 9.64. The maximum absolute atomic E-state index is 13.4. The number of halogens is 1. The summed E-state index contributed by atoms with van der Waals surface area (Å²) >= 11 is 0. The van der Waals surface area contributed by atoms with Gasteiger partial charge in [0, 0.05) is 19.6 Å². The molecule has 1 aliphatic rings. The molecule has 0 aliphatic carbocycles. The summed E-state index contributed by atoms with van der Waals surface area (Å²) < 4.78 is 20.8. The maximum Gasteiger partial charge on any atom is 0.244 e. The van der Waals surface area contributed by atoms with E-state index in [9.17, 15) is 14.0 Å². The van der Waals surface area contributed by atoms with E-state index in [1.807, 2.05) is 13.8 Å². The van der Waals surface area contributed by atoms with Gasteiger partial charge < -0.3 is 14.5 Å². The monoisotopic (exact) mass is 403 g/mol. The third kappa shape index (κ3) is 6.08. The summed E-state index contributed by atoms with van der Waals surface area (Å²) in [7, 11) is 0. The third-order valence-corrected chi connectivity index (χ3v) is 4.60. The predicted molar refractivity (Wildman–Crippen MR) is 103 cm³/mol. The van der Waals surface area contributed by atoms with E-state index in [-0.39, 0.29) is 50.0 Å². The quantitative estimate of drug-likeness (QED) is 0.697. The average molecular weight is 403 g/mol. The fourth-order valence-electron chi connectivity index (χ4n) is 3.29. The number of amides is 2. The summed E-state index contributed by atoms with van der Waals surface area (Å²) in [5.41, 5.74) is 0.705. The summed E-state index contributed by atoms with van der Waals surface area (Å²) in [5.74, 6) is -0.370. The molecule has 29 heavy (non-hydrogen) atoms. The molecule has 1 aliphatic heterocycles. The SMILES string of the molecule is CC(C)CN1C[C@H](OCc2cccc(F)c2)CN(C(=O)Cn2cncn2)CC1=O. The first-order valence-electron chi connectivity index (χ1n) is 9.64. The molecule has 1 atom stereocenters. The molecule has 0 radical (unpaired) electrons. The number of nitrogens with zero attached hydrogens (tertiary/aromatic N) is 5. The van der Waals surface area contributed by atoms with E-state index in [0.29, 0.717) is 24.6 Å². The van der Waals surface area contributed by atoms with Gasteiger partial charge in [0.25, 0.3) is 0 Å². The lowest BCUT2D eigenvalue weighted by molar-refractivity contribution is -0.139. The van der Waals surface area contributed by atoms with Crippen LogP contribution < -0.4 is 0 Å². The Kier molecular flexibility index (Phi) is 6.92. The molecule has 1 saturated heterocycles. The van der Waals surface area contributed by atoms with Crippen LogP contribution in [-0.2, 0) is 27.5 Å². The molecule has 2 heterocycles. The fourth-order valence-corrected chi connectivity index (χ4v) is 3.29. The van der Waals surface area contributed by atoms with Gasteiger partial charge >= 0.3 is 0 Å². The van der Waals surface area contributed by atoms with Gasteiger partial charge in [-0.2, -0.15) is 5.10 Å². The van der Waals surface area contributed by atoms with Crippen molar-refractivity contribution in [2.24, 2.45) is 5.92 Å².